The Morgan fingerprint density at radius 2 is 2.11 bits per heavy atom. The number of likely N-dealkylation sites (N-methyl/N-ethyl adjacent to an activating group) is 1. The first kappa shape index (κ1) is 12.9. The van der Waals surface area contributed by atoms with Crippen LogP contribution in [0, 0.1) is 11.8 Å². The molecule has 5 heteroatoms. The average molecular weight is 266 g/mol. The Bertz CT molecular complexity index is 381. The van der Waals surface area contributed by atoms with E-state index in [-0.39, 0.29) is 24.5 Å². The molecule has 0 bridgehead atoms. The molecule has 3 fully saturated rings. The first-order chi connectivity index (χ1) is 9.16. The second-order valence-corrected chi connectivity index (χ2v) is 6.05. The Hall–Kier alpha value is -1.10. The van der Waals surface area contributed by atoms with Crippen LogP contribution in [0.1, 0.15) is 25.7 Å². The quantitative estimate of drug-likeness (QED) is 0.694. The van der Waals surface area contributed by atoms with Gasteiger partial charge in [0.05, 0.1) is 12.6 Å². The van der Waals surface area contributed by atoms with Gasteiger partial charge in [-0.05, 0) is 19.3 Å². The minimum Gasteiger partial charge on any atom is -0.371 e. The standard InChI is InChI=1S/C14H22N2O3/c1-15-12-7-16(14(18)10-3-2-4-10)6-5-11(12)8-19-9-13(15)17/h10-12H,2-9H2,1H3/t11-,12-/m0/s1. The molecule has 2 aliphatic heterocycles. The molecule has 2 heterocycles. The highest BCUT2D eigenvalue weighted by Crippen LogP contribution is 2.31. The van der Waals surface area contributed by atoms with Crippen molar-refractivity contribution >= 4 is 11.8 Å². The number of fused-ring (bicyclic) bond motifs is 1. The van der Waals surface area contributed by atoms with Crippen molar-refractivity contribution in [2.75, 3.05) is 33.4 Å². The molecule has 19 heavy (non-hydrogen) atoms. The minimum atomic E-state index is 0.0328. The molecule has 0 spiro atoms. The zero-order chi connectivity index (χ0) is 13.4. The van der Waals surface area contributed by atoms with E-state index < -0.39 is 0 Å². The number of hydrogen-bond acceptors (Lipinski definition) is 3. The fourth-order valence-electron chi connectivity index (χ4n) is 3.31. The van der Waals surface area contributed by atoms with Crippen LogP contribution in [0.25, 0.3) is 0 Å². The Labute approximate surface area is 113 Å². The molecule has 2 atom stereocenters. The third kappa shape index (κ3) is 2.36. The van der Waals surface area contributed by atoms with Crippen molar-refractivity contribution in [3.05, 3.63) is 0 Å². The first-order valence-electron chi connectivity index (χ1n) is 7.29. The molecule has 0 aromatic heterocycles. The average Bonchev–Trinajstić information content (AvgIpc) is 2.48. The lowest BCUT2D eigenvalue weighted by molar-refractivity contribution is -0.143. The van der Waals surface area contributed by atoms with Gasteiger partial charge in [-0.15, -0.1) is 0 Å². The number of carbonyl (C=O) groups is 2. The number of carbonyl (C=O) groups excluding carboxylic acids is 2. The molecule has 0 unspecified atom stereocenters. The Morgan fingerprint density at radius 3 is 2.79 bits per heavy atom. The maximum absolute atomic E-state index is 12.3. The van der Waals surface area contributed by atoms with E-state index in [1.807, 2.05) is 11.9 Å². The SMILES string of the molecule is CN1C(=O)COC[C@@H]2CCN(C(=O)C3CCC3)C[C@@H]21. The van der Waals surface area contributed by atoms with E-state index in [9.17, 15) is 9.59 Å². The van der Waals surface area contributed by atoms with Gasteiger partial charge in [0.25, 0.3) is 0 Å². The van der Waals surface area contributed by atoms with E-state index in [0.717, 1.165) is 25.8 Å². The summed E-state index contributed by atoms with van der Waals surface area (Å²) in [7, 11) is 1.84. The van der Waals surface area contributed by atoms with Crippen LogP contribution in [0.3, 0.4) is 0 Å². The smallest absolute Gasteiger partial charge is 0.248 e. The van der Waals surface area contributed by atoms with Crippen LogP contribution in [-0.4, -0.2) is 61.0 Å². The summed E-state index contributed by atoms with van der Waals surface area (Å²) < 4.78 is 5.43. The number of ether oxygens (including phenoxy) is 1. The number of nitrogens with zero attached hydrogens (tertiary/aromatic N) is 2. The second-order valence-electron chi connectivity index (χ2n) is 6.05. The zero-order valence-electron chi connectivity index (χ0n) is 11.5. The fraction of sp³-hybridized carbons (Fsp3) is 0.857. The van der Waals surface area contributed by atoms with Gasteiger partial charge in [0.1, 0.15) is 6.61 Å². The van der Waals surface area contributed by atoms with Gasteiger partial charge in [-0.1, -0.05) is 6.42 Å². The number of likely N-dealkylation sites (tertiary alicyclic amines) is 1. The summed E-state index contributed by atoms with van der Waals surface area (Å²) >= 11 is 0. The summed E-state index contributed by atoms with van der Waals surface area (Å²) in [5, 5.41) is 0. The van der Waals surface area contributed by atoms with Gasteiger partial charge in [-0.3, -0.25) is 9.59 Å². The second kappa shape index (κ2) is 5.12. The number of amides is 2. The predicted molar refractivity (Wildman–Crippen MR) is 69.4 cm³/mol. The van der Waals surface area contributed by atoms with E-state index >= 15 is 0 Å². The van der Waals surface area contributed by atoms with Gasteiger partial charge in [0, 0.05) is 32.0 Å². The molecule has 0 radical (unpaired) electrons. The Kier molecular flexibility index (Phi) is 3.48. The van der Waals surface area contributed by atoms with Crippen molar-refractivity contribution in [3.63, 3.8) is 0 Å². The zero-order valence-corrected chi connectivity index (χ0v) is 11.5. The molecule has 1 aliphatic carbocycles. The van der Waals surface area contributed by atoms with E-state index in [4.69, 9.17) is 4.74 Å². The lowest BCUT2D eigenvalue weighted by Crippen LogP contribution is -2.55. The van der Waals surface area contributed by atoms with Crippen LogP contribution in [0.2, 0.25) is 0 Å². The van der Waals surface area contributed by atoms with Gasteiger partial charge < -0.3 is 14.5 Å². The normalized spacial score (nSPS) is 32.6. The molecule has 3 aliphatic rings. The molecule has 1 saturated carbocycles. The lowest BCUT2D eigenvalue weighted by Gasteiger charge is -2.43. The monoisotopic (exact) mass is 266 g/mol. The highest BCUT2D eigenvalue weighted by atomic mass is 16.5. The molecular weight excluding hydrogens is 244 g/mol. The van der Waals surface area contributed by atoms with Gasteiger partial charge in [-0.25, -0.2) is 0 Å². The van der Waals surface area contributed by atoms with Gasteiger partial charge >= 0.3 is 0 Å². The first-order valence-corrected chi connectivity index (χ1v) is 7.29. The van der Waals surface area contributed by atoms with Crippen molar-refractivity contribution in [2.24, 2.45) is 11.8 Å². The van der Waals surface area contributed by atoms with E-state index in [0.29, 0.717) is 25.0 Å². The van der Waals surface area contributed by atoms with E-state index in [1.54, 1.807) is 4.90 Å². The summed E-state index contributed by atoms with van der Waals surface area (Å²) in [4.78, 5) is 27.9. The molecular formula is C14H22N2O3. The van der Waals surface area contributed by atoms with E-state index in [2.05, 4.69) is 0 Å². The van der Waals surface area contributed by atoms with Gasteiger partial charge in [-0.2, -0.15) is 0 Å². The minimum absolute atomic E-state index is 0.0328. The summed E-state index contributed by atoms with van der Waals surface area (Å²) in [6, 6.07) is 0.132. The third-order valence-electron chi connectivity index (χ3n) is 4.94. The molecule has 0 aromatic rings. The van der Waals surface area contributed by atoms with Crippen LogP contribution < -0.4 is 0 Å². The van der Waals surface area contributed by atoms with Crippen molar-refractivity contribution in [1.29, 1.82) is 0 Å². The number of hydrogen-bond donors (Lipinski definition) is 0. The van der Waals surface area contributed by atoms with Gasteiger partial charge in [0.15, 0.2) is 0 Å². The van der Waals surface area contributed by atoms with Crippen LogP contribution in [-0.2, 0) is 14.3 Å². The summed E-state index contributed by atoms with van der Waals surface area (Å²) in [6.45, 7) is 2.33. The summed E-state index contributed by atoms with van der Waals surface area (Å²) in [6.07, 6.45) is 4.21. The molecule has 0 aromatic carbocycles. The highest BCUT2D eigenvalue weighted by Gasteiger charge is 2.39. The Balaban J connectivity index is 1.69. The highest BCUT2D eigenvalue weighted by molar-refractivity contribution is 5.80. The molecule has 2 saturated heterocycles. The third-order valence-corrected chi connectivity index (χ3v) is 4.94. The van der Waals surface area contributed by atoms with Crippen molar-refractivity contribution < 1.29 is 14.3 Å². The van der Waals surface area contributed by atoms with E-state index in [1.165, 1.54) is 6.42 Å². The lowest BCUT2D eigenvalue weighted by atomic mass is 9.83. The maximum atomic E-state index is 12.3. The van der Waals surface area contributed by atoms with Crippen molar-refractivity contribution in [3.8, 4) is 0 Å². The van der Waals surface area contributed by atoms with Crippen LogP contribution >= 0.6 is 0 Å². The molecule has 0 N–H and O–H groups in total. The molecule has 3 rings (SSSR count). The topological polar surface area (TPSA) is 49.9 Å². The maximum Gasteiger partial charge on any atom is 0.248 e. The van der Waals surface area contributed by atoms with Crippen LogP contribution in [0.5, 0.6) is 0 Å². The summed E-state index contributed by atoms with van der Waals surface area (Å²) in [5.41, 5.74) is 0. The van der Waals surface area contributed by atoms with Crippen molar-refractivity contribution in [1.82, 2.24) is 9.80 Å². The molecule has 106 valence electrons. The Morgan fingerprint density at radius 1 is 1.32 bits per heavy atom. The fourth-order valence-corrected chi connectivity index (χ4v) is 3.31. The van der Waals surface area contributed by atoms with Crippen molar-refractivity contribution in [2.45, 2.75) is 31.7 Å². The predicted octanol–water partition coefficient (Wildman–Crippen LogP) is 0.492. The number of piperidine rings is 1. The van der Waals surface area contributed by atoms with Crippen LogP contribution in [0.15, 0.2) is 0 Å². The number of rotatable bonds is 1. The molecule has 2 amide bonds. The summed E-state index contributed by atoms with van der Waals surface area (Å²) in [5.74, 6) is 0.961. The van der Waals surface area contributed by atoms with Crippen LogP contribution in [0.4, 0.5) is 0 Å². The molecule has 5 nitrogen and oxygen atoms in total. The largest absolute Gasteiger partial charge is 0.371 e. The van der Waals surface area contributed by atoms with Gasteiger partial charge in [0.2, 0.25) is 11.8 Å².